The van der Waals surface area contributed by atoms with Crippen molar-refractivity contribution >= 4 is 17.3 Å². The lowest BCUT2D eigenvalue weighted by molar-refractivity contribution is -0.132. The number of fused-ring (bicyclic) bond motifs is 1. The Labute approximate surface area is 102 Å². The summed E-state index contributed by atoms with van der Waals surface area (Å²) in [5.41, 5.74) is 8.64. The maximum Gasteiger partial charge on any atom is 0.245 e. The van der Waals surface area contributed by atoms with Crippen molar-refractivity contribution in [3.05, 3.63) is 23.8 Å². The van der Waals surface area contributed by atoms with E-state index in [2.05, 4.69) is 12.2 Å². The van der Waals surface area contributed by atoms with Crippen molar-refractivity contribution in [3.63, 3.8) is 0 Å². The van der Waals surface area contributed by atoms with E-state index in [-0.39, 0.29) is 11.9 Å². The molecular formula is C13H19N3O. The number of carbonyl (C=O) groups excluding carboxylic acids is 1. The van der Waals surface area contributed by atoms with E-state index in [9.17, 15) is 4.79 Å². The molecule has 1 atom stereocenters. The molecule has 0 saturated heterocycles. The van der Waals surface area contributed by atoms with Gasteiger partial charge in [-0.3, -0.25) is 4.79 Å². The highest BCUT2D eigenvalue weighted by molar-refractivity contribution is 5.86. The van der Waals surface area contributed by atoms with Crippen molar-refractivity contribution in [2.75, 3.05) is 17.6 Å². The Balaban J connectivity index is 2.34. The van der Waals surface area contributed by atoms with E-state index in [4.69, 9.17) is 5.73 Å². The summed E-state index contributed by atoms with van der Waals surface area (Å²) >= 11 is 0. The second kappa shape index (κ2) is 4.65. The number of nitrogens with one attached hydrogen (secondary N) is 1. The minimum absolute atomic E-state index is 0.154. The lowest BCUT2D eigenvalue weighted by Gasteiger charge is -2.22. The summed E-state index contributed by atoms with van der Waals surface area (Å²) in [7, 11) is 0. The van der Waals surface area contributed by atoms with Crippen LogP contribution < -0.4 is 11.1 Å². The summed E-state index contributed by atoms with van der Waals surface area (Å²) in [6.07, 6.45) is 0.968. The van der Waals surface area contributed by atoms with E-state index in [0.29, 0.717) is 6.54 Å². The molecule has 1 heterocycles. The third kappa shape index (κ3) is 2.35. The van der Waals surface area contributed by atoms with Crippen LogP contribution in [0.5, 0.6) is 0 Å². The van der Waals surface area contributed by atoms with Gasteiger partial charge in [0, 0.05) is 24.5 Å². The second-order valence-electron chi connectivity index (χ2n) is 4.54. The Kier molecular flexibility index (Phi) is 3.22. The summed E-state index contributed by atoms with van der Waals surface area (Å²) in [6.45, 7) is 5.41. The monoisotopic (exact) mass is 233 g/mol. The van der Waals surface area contributed by atoms with Crippen LogP contribution in [-0.4, -0.2) is 23.4 Å². The molecule has 4 nitrogen and oxygen atoms in total. The van der Waals surface area contributed by atoms with Crippen LogP contribution in [0, 0.1) is 0 Å². The van der Waals surface area contributed by atoms with Crippen molar-refractivity contribution in [2.45, 2.75) is 32.9 Å². The fourth-order valence-electron chi connectivity index (χ4n) is 2.20. The zero-order valence-electron chi connectivity index (χ0n) is 10.4. The van der Waals surface area contributed by atoms with E-state index < -0.39 is 0 Å². The summed E-state index contributed by atoms with van der Waals surface area (Å²) in [5.74, 6) is 0.154. The van der Waals surface area contributed by atoms with Crippen molar-refractivity contribution < 1.29 is 4.79 Å². The van der Waals surface area contributed by atoms with Crippen LogP contribution in [-0.2, 0) is 11.3 Å². The van der Waals surface area contributed by atoms with Gasteiger partial charge in [-0.05, 0) is 37.1 Å². The SMILES string of the molecule is CCCN1Cc2cc(N)ccc2NC(C)C1=O. The molecule has 0 aromatic heterocycles. The quantitative estimate of drug-likeness (QED) is 0.766. The number of hydrogen-bond donors (Lipinski definition) is 2. The first-order chi connectivity index (χ1) is 8.11. The predicted molar refractivity (Wildman–Crippen MR) is 69.6 cm³/mol. The summed E-state index contributed by atoms with van der Waals surface area (Å²) in [6, 6.07) is 5.57. The number of nitrogens with two attached hydrogens (primary N) is 1. The van der Waals surface area contributed by atoms with Gasteiger partial charge in [0.15, 0.2) is 0 Å². The summed E-state index contributed by atoms with van der Waals surface area (Å²) in [4.78, 5) is 14.0. The number of anilines is 2. The largest absolute Gasteiger partial charge is 0.399 e. The fraction of sp³-hybridized carbons (Fsp3) is 0.462. The van der Waals surface area contributed by atoms with Gasteiger partial charge in [-0.2, -0.15) is 0 Å². The molecule has 3 N–H and O–H groups in total. The highest BCUT2D eigenvalue weighted by Crippen LogP contribution is 2.25. The molecule has 1 amide bonds. The molecule has 17 heavy (non-hydrogen) atoms. The average molecular weight is 233 g/mol. The highest BCUT2D eigenvalue weighted by Gasteiger charge is 2.25. The van der Waals surface area contributed by atoms with E-state index in [1.165, 1.54) is 0 Å². The molecule has 0 bridgehead atoms. The van der Waals surface area contributed by atoms with Gasteiger partial charge in [0.2, 0.25) is 5.91 Å². The van der Waals surface area contributed by atoms with E-state index >= 15 is 0 Å². The van der Waals surface area contributed by atoms with Crippen LogP contribution >= 0.6 is 0 Å². The molecule has 0 spiro atoms. The number of amides is 1. The molecule has 1 aromatic carbocycles. The van der Waals surface area contributed by atoms with E-state index in [0.717, 1.165) is 29.9 Å². The first-order valence-corrected chi connectivity index (χ1v) is 6.05. The zero-order valence-corrected chi connectivity index (χ0v) is 10.4. The van der Waals surface area contributed by atoms with Gasteiger partial charge in [-0.1, -0.05) is 6.92 Å². The smallest absolute Gasteiger partial charge is 0.245 e. The van der Waals surface area contributed by atoms with Gasteiger partial charge >= 0.3 is 0 Å². The number of nitrogen functional groups attached to an aromatic ring is 1. The number of rotatable bonds is 2. The molecule has 92 valence electrons. The number of nitrogens with zero attached hydrogens (tertiary/aromatic N) is 1. The van der Waals surface area contributed by atoms with Crippen molar-refractivity contribution in [3.8, 4) is 0 Å². The third-order valence-corrected chi connectivity index (χ3v) is 3.04. The molecule has 0 saturated carbocycles. The van der Waals surface area contributed by atoms with Crippen molar-refractivity contribution in [1.82, 2.24) is 4.90 Å². The first kappa shape index (κ1) is 11.8. The molecule has 0 aliphatic carbocycles. The van der Waals surface area contributed by atoms with Crippen LogP contribution in [0.25, 0.3) is 0 Å². The minimum atomic E-state index is -0.175. The lowest BCUT2D eigenvalue weighted by Crippen LogP contribution is -2.39. The van der Waals surface area contributed by atoms with Gasteiger partial charge in [-0.15, -0.1) is 0 Å². The standard InChI is InChI=1S/C13H19N3O/c1-3-6-16-8-10-7-11(14)4-5-12(10)15-9(2)13(16)17/h4-5,7,9,15H,3,6,8,14H2,1-2H3. The number of benzene rings is 1. The molecule has 0 fully saturated rings. The molecule has 1 aromatic rings. The Hall–Kier alpha value is -1.71. The Morgan fingerprint density at radius 2 is 2.29 bits per heavy atom. The van der Waals surface area contributed by atoms with Gasteiger partial charge in [0.25, 0.3) is 0 Å². The van der Waals surface area contributed by atoms with E-state index in [1.54, 1.807) is 0 Å². The minimum Gasteiger partial charge on any atom is -0.399 e. The van der Waals surface area contributed by atoms with Crippen molar-refractivity contribution in [2.24, 2.45) is 0 Å². The number of hydrogen-bond acceptors (Lipinski definition) is 3. The van der Waals surface area contributed by atoms with Crippen LogP contribution in [0.4, 0.5) is 11.4 Å². The molecule has 1 aliphatic heterocycles. The van der Waals surface area contributed by atoms with Crippen LogP contribution in [0.15, 0.2) is 18.2 Å². The van der Waals surface area contributed by atoms with Crippen molar-refractivity contribution in [1.29, 1.82) is 0 Å². The van der Waals surface area contributed by atoms with Gasteiger partial charge in [0.1, 0.15) is 6.04 Å². The molecular weight excluding hydrogens is 214 g/mol. The lowest BCUT2D eigenvalue weighted by atomic mass is 10.1. The molecule has 1 unspecified atom stereocenters. The van der Waals surface area contributed by atoms with Crippen LogP contribution in [0.3, 0.4) is 0 Å². The molecule has 2 rings (SSSR count). The normalized spacial score (nSPS) is 19.5. The maximum atomic E-state index is 12.1. The van der Waals surface area contributed by atoms with Gasteiger partial charge in [-0.25, -0.2) is 0 Å². The predicted octanol–water partition coefficient (Wildman–Crippen LogP) is 1.82. The van der Waals surface area contributed by atoms with Crippen LogP contribution in [0.2, 0.25) is 0 Å². The fourth-order valence-corrected chi connectivity index (χ4v) is 2.20. The van der Waals surface area contributed by atoms with Crippen LogP contribution in [0.1, 0.15) is 25.8 Å². The van der Waals surface area contributed by atoms with Gasteiger partial charge < -0.3 is 16.0 Å². The summed E-state index contributed by atoms with van der Waals surface area (Å²) < 4.78 is 0. The Morgan fingerprint density at radius 3 is 3.00 bits per heavy atom. The Bertz CT molecular complexity index is 431. The average Bonchev–Trinajstić information content (AvgIpc) is 2.40. The second-order valence-corrected chi connectivity index (χ2v) is 4.54. The molecule has 4 heteroatoms. The molecule has 1 aliphatic rings. The maximum absolute atomic E-state index is 12.1. The molecule has 0 radical (unpaired) electrons. The number of carbonyl (C=O) groups is 1. The topological polar surface area (TPSA) is 58.4 Å². The zero-order chi connectivity index (χ0) is 12.4. The highest BCUT2D eigenvalue weighted by atomic mass is 16.2. The summed E-state index contributed by atoms with van der Waals surface area (Å²) in [5, 5.41) is 3.24. The third-order valence-electron chi connectivity index (χ3n) is 3.04. The first-order valence-electron chi connectivity index (χ1n) is 6.05. The Morgan fingerprint density at radius 1 is 1.53 bits per heavy atom. The van der Waals surface area contributed by atoms with E-state index in [1.807, 2.05) is 30.0 Å². The van der Waals surface area contributed by atoms with Gasteiger partial charge in [0.05, 0.1) is 0 Å².